The van der Waals surface area contributed by atoms with Crippen LogP contribution in [0, 0.1) is 0 Å². The molecule has 3 aromatic carbocycles. The van der Waals surface area contributed by atoms with Gasteiger partial charge in [0.15, 0.2) is 0 Å². The van der Waals surface area contributed by atoms with Gasteiger partial charge >= 0.3 is 0 Å². The van der Waals surface area contributed by atoms with Crippen LogP contribution in [0.1, 0.15) is 5.56 Å². The van der Waals surface area contributed by atoms with Crippen LogP contribution >= 0.6 is 0 Å². The van der Waals surface area contributed by atoms with Gasteiger partial charge < -0.3 is 14.8 Å². The first-order chi connectivity index (χ1) is 14.9. The van der Waals surface area contributed by atoms with Crippen LogP contribution in [0.3, 0.4) is 0 Å². The van der Waals surface area contributed by atoms with Crippen molar-refractivity contribution < 1.29 is 22.7 Å². The molecular weight excluding hydrogens is 416 g/mol. The Bertz CT molecular complexity index is 1190. The molecule has 3 rings (SSSR count). The smallest absolute Gasteiger partial charge is 0.262 e. The highest BCUT2D eigenvalue weighted by atomic mass is 32.2. The van der Waals surface area contributed by atoms with Crippen LogP contribution in [0.2, 0.25) is 0 Å². The van der Waals surface area contributed by atoms with Crippen LogP contribution in [-0.2, 0) is 14.8 Å². The number of anilines is 2. The van der Waals surface area contributed by atoms with Crippen LogP contribution in [0.4, 0.5) is 11.4 Å². The molecule has 31 heavy (non-hydrogen) atoms. The Hall–Kier alpha value is -3.78. The maximum absolute atomic E-state index is 12.6. The van der Waals surface area contributed by atoms with E-state index in [1.165, 1.54) is 25.3 Å². The summed E-state index contributed by atoms with van der Waals surface area (Å²) in [6.07, 6.45) is 2.97. The quantitative estimate of drug-likeness (QED) is 0.515. The summed E-state index contributed by atoms with van der Waals surface area (Å²) in [7, 11) is -0.763. The number of hydrogen-bond acceptors (Lipinski definition) is 5. The molecule has 0 radical (unpaired) electrons. The highest BCUT2D eigenvalue weighted by Crippen LogP contribution is 2.26. The Morgan fingerprint density at radius 1 is 0.903 bits per heavy atom. The molecule has 0 bridgehead atoms. The third kappa shape index (κ3) is 5.86. The molecule has 0 spiro atoms. The van der Waals surface area contributed by atoms with Gasteiger partial charge in [-0.15, -0.1) is 0 Å². The maximum atomic E-state index is 12.6. The summed E-state index contributed by atoms with van der Waals surface area (Å²) in [6.45, 7) is 0. The van der Waals surface area contributed by atoms with Crippen LogP contribution < -0.4 is 19.5 Å². The lowest BCUT2D eigenvalue weighted by Gasteiger charge is -2.11. The Labute approximate surface area is 181 Å². The lowest BCUT2D eigenvalue weighted by atomic mass is 10.2. The first kappa shape index (κ1) is 21.9. The van der Waals surface area contributed by atoms with E-state index in [0.717, 1.165) is 0 Å². The molecule has 0 saturated carbocycles. The predicted molar refractivity (Wildman–Crippen MR) is 121 cm³/mol. The van der Waals surface area contributed by atoms with E-state index in [9.17, 15) is 13.2 Å². The van der Waals surface area contributed by atoms with Crippen molar-refractivity contribution in [1.82, 2.24) is 0 Å². The summed E-state index contributed by atoms with van der Waals surface area (Å²) in [4.78, 5) is 12.2. The number of carbonyl (C=O) groups is 1. The summed E-state index contributed by atoms with van der Waals surface area (Å²) >= 11 is 0. The van der Waals surface area contributed by atoms with E-state index in [2.05, 4.69) is 10.0 Å². The number of sulfonamides is 1. The van der Waals surface area contributed by atoms with Gasteiger partial charge in [-0.3, -0.25) is 9.52 Å². The summed E-state index contributed by atoms with van der Waals surface area (Å²) in [5.41, 5.74) is 1.64. The normalized spacial score (nSPS) is 11.2. The molecule has 1 amide bonds. The Kier molecular flexibility index (Phi) is 6.94. The molecular formula is C23H22N2O5S. The van der Waals surface area contributed by atoms with Gasteiger partial charge in [-0.05, 0) is 48.0 Å². The van der Waals surface area contributed by atoms with Gasteiger partial charge in [-0.25, -0.2) is 8.42 Å². The second-order valence-corrected chi connectivity index (χ2v) is 8.11. The van der Waals surface area contributed by atoms with E-state index in [-0.39, 0.29) is 10.8 Å². The van der Waals surface area contributed by atoms with Crippen molar-refractivity contribution in [1.29, 1.82) is 0 Å². The monoisotopic (exact) mass is 438 g/mol. The molecule has 2 N–H and O–H groups in total. The number of methoxy groups -OCH3 is 2. The topological polar surface area (TPSA) is 93.7 Å². The first-order valence-corrected chi connectivity index (χ1v) is 10.8. The minimum atomic E-state index is -3.79. The summed E-state index contributed by atoms with van der Waals surface area (Å²) in [5, 5.41) is 2.74. The SMILES string of the molecule is COc1cccc(NC(=O)/C=C/c2ccc(S(=O)(=O)Nc3ccccc3OC)cc2)c1. The number of benzene rings is 3. The van der Waals surface area contributed by atoms with Gasteiger partial charge in [0.1, 0.15) is 11.5 Å². The molecule has 0 fully saturated rings. The molecule has 0 heterocycles. The van der Waals surface area contributed by atoms with Crippen molar-refractivity contribution in [3.05, 3.63) is 84.4 Å². The average molecular weight is 439 g/mol. The standard InChI is InChI=1S/C23H22N2O5S/c1-29-19-7-5-6-18(16-19)24-23(26)15-12-17-10-13-20(14-11-17)31(27,28)25-21-8-3-4-9-22(21)30-2/h3-16,25H,1-2H3,(H,24,26)/b15-12+. The van der Waals surface area contributed by atoms with Gasteiger partial charge in [0, 0.05) is 17.8 Å². The van der Waals surface area contributed by atoms with Crippen LogP contribution in [-0.4, -0.2) is 28.5 Å². The van der Waals surface area contributed by atoms with Gasteiger partial charge in [0.05, 0.1) is 24.8 Å². The second kappa shape index (κ2) is 9.82. The molecule has 0 atom stereocenters. The van der Waals surface area contributed by atoms with E-state index in [1.54, 1.807) is 73.8 Å². The zero-order chi connectivity index (χ0) is 22.3. The third-order valence-electron chi connectivity index (χ3n) is 4.31. The minimum Gasteiger partial charge on any atom is -0.497 e. The van der Waals surface area contributed by atoms with Gasteiger partial charge in [0.25, 0.3) is 10.0 Å². The highest BCUT2D eigenvalue weighted by Gasteiger charge is 2.16. The summed E-state index contributed by atoms with van der Waals surface area (Å²) in [5.74, 6) is 0.746. The lowest BCUT2D eigenvalue weighted by Crippen LogP contribution is -2.13. The van der Waals surface area contributed by atoms with E-state index >= 15 is 0 Å². The predicted octanol–water partition coefficient (Wildman–Crippen LogP) is 4.16. The Morgan fingerprint density at radius 3 is 2.35 bits per heavy atom. The van der Waals surface area contributed by atoms with Crippen molar-refractivity contribution in [3.8, 4) is 11.5 Å². The highest BCUT2D eigenvalue weighted by molar-refractivity contribution is 7.92. The van der Waals surface area contributed by atoms with Gasteiger partial charge in [-0.1, -0.05) is 30.3 Å². The molecule has 0 aromatic heterocycles. The molecule has 3 aromatic rings. The van der Waals surface area contributed by atoms with Crippen molar-refractivity contribution in [2.45, 2.75) is 4.90 Å². The van der Waals surface area contributed by atoms with Crippen LogP contribution in [0.25, 0.3) is 6.08 Å². The molecule has 7 nitrogen and oxygen atoms in total. The fraction of sp³-hybridized carbons (Fsp3) is 0.0870. The maximum Gasteiger partial charge on any atom is 0.262 e. The van der Waals surface area contributed by atoms with E-state index < -0.39 is 10.0 Å². The van der Waals surface area contributed by atoms with Gasteiger partial charge in [-0.2, -0.15) is 0 Å². The van der Waals surface area contributed by atoms with Gasteiger partial charge in [0.2, 0.25) is 5.91 Å². The van der Waals surface area contributed by atoms with Crippen molar-refractivity contribution >= 4 is 33.4 Å². The molecule has 160 valence electrons. The largest absolute Gasteiger partial charge is 0.497 e. The number of rotatable bonds is 8. The number of nitrogens with one attached hydrogen (secondary N) is 2. The number of hydrogen-bond donors (Lipinski definition) is 2. The van der Waals surface area contributed by atoms with Crippen LogP contribution in [0.5, 0.6) is 11.5 Å². The molecule has 8 heteroatoms. The Balaban J connectivity index is 1.67. The number of para-hydroxylation sites is 2. The molecule has 0 aliphatic rings. The lowest BCUT2D eigenvalue weighted by molar-refractivity contribution is -0.111. The second-order valence-electron chi connectivity index (χ2n) is 6.43. The zero-order valence-electron chi connectivity index (χ0n) is 17.0. The summed E-state index contributed by atoms with van der Waals surface area (Å²) in [6, 6.07) is 19.9. The fourth-order valence-electron chi connectivity index (χ4n) is 2.75. The third-order valence-corrected chi connectivity index (χ3v) is 5.69. The number of amides is 1. The number of carbonyl (C=O) groups excluding carboxylic acids is 1. The van der Waals surface area contributed by atoms with E-state index in [1.807, 2.05) is 0 Å². The average Bonchev–Trinajstić information content (AvgIpc) is 2.78. The fourth-order valence-corrected chi connectivity index (χ4v) is 3.82. The molecule has 0 saturated heterocycles. The first-order valence-electron chi connectivity index (χ1n) is 9.30. The zero-order valence-corrected chi connectivity index (χ0v) is 17.8. The molecule has 0 aliphatic heterocycles. The van der Waals surface area contributed by atoms with Crippen molar-refractivity contribution in [3.63, 3.8) is 0 Å². The Morgan fingerprint density at radius 2 is 1.65 bits per heavy atom. The van der Waals surface area contributed by atoms with Crippen molar-refractivity contribution in [2.24, 2.45) is 0 Å². The van der Waals surface area contributed by atoms with E-state index in [0.29, 0.717) is 28.4 Å². The summed E-state index contributed by atoms with van der Waals surface area (Å²) < 4.78 is 38.1. The molecule has 0 unspecified atom stereocenters. The van der Waals surface area contributed by atoms with Crippen molar-refractivity contribution in [2.75, 3.05) is 24.3 Å². The van der Waals surface area contributed by atoms with E-state index in [4.69, 9.17) is 9.47 Å². The van der Waals surface area contributed by atoms with Crippen LogP contribution in [0.15, 0.2) is 83.8 Å². The minimum absolute atomic E-state index is 0.0939. The number of ether oxygens (including phenoxy) is 2. The molecule has 0 aliphatic carbocycles.